The van der Waals surface area contributed by atoms with Gasteiger partial charge in [-0.1, -0.05) is 22.9 Å². The highest BCUT2D eigenvalue weighted by Crippen LogP contribution is 2.47. The maximum atomic E-state index is 6.60. The van der Waals surface area contributed by atoms with Gasteiger partial charge in [0.25, 0.3) is 0 Å². The van der Waals surface area contributed by atoms with E-state index in [1.807, 2.05) is 0 Å². The number of halogens is 2. The highest BCUT2D eigenvalue weighted by molar-refractivity contribution is 9.10. The van der Waals surface area contributed by atoms with Crippen molar-refractivity contribution in [1.82, 2.24) is 0 Å². The first-order valence-electron chi connectivity index (χ1n) is 6.02. The van der Waals surface area contributed by atoms with E-state index in [-0.39, 0.29) is 5.38 Å². The first-order valence-corrected chi connectivity index (χ1v) is 7.25. The molecule has 0 bridgehead atoms. The Bertz CT molecular complexity index is 415. The molecule has 17 heavy (non-hydrogen) atoms. The van der Waals surface area contributed by atoms with Gasteiger partial charge in [0, 0.05) is 10.0 Å². The fraction of sp³-hybridized carbons (Fsp3) is 0.571. The van der Waals surface area contributed by atoms with Gasteiger partial charge < -0.3 is 4.74 Å². The number of hydrogen-bond acceptors (Lipinski definition) is 1. The number of benzene rings is 1. The predicted molar refractivity (Wildman–Crippen MR) is 75.9 cm³/mol. The van der Waals surface area contributed by atoms with Crippen LogP contribution in [0.5, 0.6) is 5.75 Å². The normalized spacial score (nSPS) is 18.9. The third-order valence-corrected chi connectivity index (χ3v) is 5.12. The smallest absolute Gasteiger partial charge is 0.123 e. The predicted octanol–water partition coefficient (Wildman–Crippen LogP) is 5.09. The van der Waals surface area contributed by atoms with Gasteiger partial charge in [-0.2, -0.15) is 0 Å². The van der Waals surface area contributed by atoms with E-state index < -0.39 is 0 Å². The van der Waals surface area contributed by atoms with E-state index in [9.17, 15) is 0 Å². The Hall–Kier alpha value is -0.210. The summed E-state index contributed by atoms with van der Waals surface area (Å²) in [4.78, 5) is 0. The topological polar surface area (TPSA) is 9.23 Å². The summed E-state index contributed by atoms with van der Waals surface area (Å²) in [6, 6.07) is 4.15. The second kappa shape index (κ2) is 5.19. The van der Waals surface area contributed by atoms with E-state index in [4.69, 9.17) is 16.3 Å². The molecular formula is C14H18BrClO. The third-order valence-electron chi connectivity index (χ3n) is 3.64. The lowest BCUT2D eigenvalue weighted by molar-refractivity contribution is 0.399. The molecule has 0 aromatic heterocycles. The average molecular weight is 318 g/mol. The summed E-state index contributed by atoms with van der Waals surface area (Å²) < 4.78 is 6.55. The van der Waals surface area contributed by atoms with Crippen molar-refractivity contribution < 1.29 is 4.74 Å². The Morgan fingerprint density at radius 3 is 2.59 bits per heavy atom. The molecule has 2 rings (SSSR count). The van der Waals surface area contributed by atoms with E-state index in [0.29, 0.717) is 5.92 Å². The molecule has 0 amide bonds. The van der Waals surface area contributed by atoms with E-state index in [1.165, 1.54) is 18.4 Å². The van der Waals surface area contributed by atoms with Crippen LogP contribution in [0.4, 0.5) is 0 Å². The van der Waals surface area contributed by atoms with Crippen LogP contribution in [0.3, 0.4) is 0 Å². The van der Waals surface area contributed by atoms with Crippen molar-refractivity contribution in [3.8, 4) is 5.75 Å². The van der Waals surface area contributed by atoms with Crippen molar-refractivity contribution in [1.29, 1.82) is 0 Å². The van der Waals surface area contributed by atoms with Crippen molar-refractivity contribution in [3.05, 3.63) is 27.7 Å². The molecule has 0 spiro atoms. The van der Waals surface area contributed by atoms with E-state index in [1.54, 1.807) is 7.11 Å². The van der Waals surface area contributed by atoms with Crippen LogP contribution in [0, 0.1) is 18.8 Å². The van der Waals surface area contributed by atoms with Gasteiger partial charge in [-0.15, -0.1) is 11.6 Å². The van der Waals surface area contributed by atoms with Crippen molar-refractivity contribution in [2.45, 2.75) is 32.1 Å². The highest BCUT2D eigenvalue weighted by Gasteiger charge is 2.34. The van der Waals surface area contributed by atoms with Gasteiger partial charge in [-0.3, -0.25) is 0 Å². The molecule has 0 N–H and O–H groups in total. The van der Waals surface area contributed by atoms with Crippen molar-refractivity contribution in [2.75, 3.05) is 7.11 Å². The van der Waals surface area contributed by atoms with Crippen molar-refractivity contribution >= 4 is 27.5 Å². The Balaban J connectivity index is 2.32. The summed E-state index contributed by atoms with van der Waals surface area (Å²) in [7, 11) is 1.71. The van der Waals surface area contributed by atoms with Crippen molar-refractivity contribution in [3.63, 3.8) is 0 Å². The Kier molecular flexibility index (Phi) is 4.04. The summed E-state index contributed by atoms with van der Waals surface area (Å²) in [5.41, 5.74) is 2.28. The molecule has 1 fully saturated rings. The van der Waals surface area contributed by atoms with Crippen LogP contribution in [-0.4, -0.2) is 7.11 Å². The Morgan fingerprint density at radius 2 is 2.06 bits per heavy atom. The molecule has 0 radical (unpaired) electrons. The molecule has 1 aliphatic carbocycles. The van der Waals surface area contributed by atoms with Gasteiger partial charge in [0.2, 0.25) is 0 Å². The van der Waals surface area contributed by atoms with E-state index in [0.717, 1.165) is 21.7 Å². The molecule has 94 valence electrons. The molecule has 1 saturated carbocycles. The van der Waals surface area contributed by atoms with Gasteiger partial charge >= 0.3 is 0 Å². The van der Waals surface area contributed by atoms with Crippen LogP contribution >= 0.6 is 27.5 Å². The van der Waals surface area contributed by atoms with Gasteiger partial charge in [-0.25, -0.2) is 0 Å². The maximum absolute atomic E-state index is 6.60. The lowest BCUT2D eigenvalue weighted by Crippen LogP contribution is -2.08. The summed E-state index contributed by atoms with van der Waals surface area (Å²) in [6.07, 6.45) is 2.64. The molecule has 1 nitrogen and oxygen atoms in total. The van der Waals surface area contributed by atoms with Gasteiger partial charge in [0.15, 0.2) is 0 Å². The largest absolute Gasteiger partial charge is 0.496 e. The first-order chi connectivity index (χ1) is 8.04. The molecule has 0 heterocycles. The summed E-state index contributed by atoms with van der Waals surface area (Å²) in [5, 5.41) is 0.0364. The van der Waals surface area contributed by atoms with E-state index >= 15 is 0 Å². The third kappa shape index (κ3) is 2.79. The fourth-order valence-corrected chi connectivity index (χ4v) is 2.94. The van der Waals surface area contributed by atoms with Crippen LogP contribution in [0.2, 0.25) is 0 Å². The molecule has 0 aliphatic heterocycles. The maximum Gasteiger partial charge on any atom is 0.123 e. The molecule has 0 saturated heterocycles. The van der Waals surface area contributed by atoms with Gasteiger partial charge in [0.1, 0.15) is 5.75 Å². The Labute approximate surface area is 117 Å². The molecule has 2 atom stereocenters. The fourth-order valence-electron chi connectivity index (χ4n) is 2.21. The zero-order valence-corrected chi connectivity index (χ0v) is 12.8. The molecule has 2 unspecified atom stereocenters. The molecule has 3 heteroatoms. The summed E-state index contributed by atoms with van der Waals surface area (Å²) in [5.74, 6) is 2.21. The minimum absolute atomic E-state index is 0.0364. The van der Waals surface area contributed by atoms with Crippen LogP contribution in [0.1, 0.15) is 36.3 Å². The summed E-state index contributed by atoms with van der Waals surface area (Å²) >= 11 is 10.2. The number of methoxy groups -OCH3 is 1. The number of alkyl halides is 1. The molecule has 1 aromatic carbocycles. The summed E-state index contributed by atoms with van der Waals surface area (Å²) in [6.45, 7) is 4.30. The lowest BCUT2D eigenvalue weighted by atomic mass is 9.95. The number of ether oxygens (including phenoxy) is 1. The minimum Gasteiger partial charge on any atom is -0.496 e. The SMILES string of the molecule is COc1cc(C)c(Br)cc1C(Cl)C(C)C1CC1. The highest BCUT2D eigenvalue weighted by atomic mass is 79.9. The van der Waals surface area contributed by atoms with Crippen LogP contribution in [-0.2, 0) is 0 Å². The van der Waals surface area contributed by atoms with Crippen LogP contribution in [0.15, 0.2) is 16.6 Å². The van der Waals surface area contributed by atoms with Gasteiger partial charge in [-0.05, 0) is 49.3 Å². The standard InChI is InChI=1S/C14H18BrClO/c1-8-6-13(17-3)11(7-12(8)15)14(16)9(2)10-4-5-10/h6-7,9-10,14H,4-5H2,1-3H3. The molecule has 1 aliphatic rings. The van der Waals surface area contributed by atoms with Gasteiger partial charge in [0.05, 0.1) is 12.5 Å². The molecular weight excluding hydrogens is 300 g/mol. The van der Waals surface area contributed by atoms with Crippen LogP contribution in [0.25, 0.3) is 0 Å². The average Bonchev–Trinajstić information content (AvgIpc) is 3.14. The lowest BCUT2D eigenvalue weighted by Gasteiger charge is -2.21. The molecule has 1 aromatic rings. The zero-order chi connectivity index (χ0) is 12.6. The quantitative estimate of drug-likeness (QED) is 0.703. The van der Waals surface area contributed by atoms with Crippen molar-refractivity contribution in [2.24, 2.45) is 11.8 Å². The second-order valence-electron chi connectivity index (χ2n) is 4.94. The second-order valence-corrected chi connectivity index (χ2v) is 6.27. The van der Waals surface area contributed by atoms with E-state index in [2.05, 4.69) is 41.9 Å². The Morgan fingerprint density at radius 1 is 1.41 bits per heavy atom. The number of rotatable bonds is 4. The number of aryl methyl sites for hydroxylation is 1. The van der Waals surface area contributed by atoms with Crippen LogP contribution < -0.4 is 4.74 Å². The zero-order valence-electron chi connectivity index (χ0n) is 10.5. The minimum atomic E-state index is 0.0364. The number of hydrogen-bond donors (Lipinski definition) is 0. The monoisotopic (exact) mass is 316 g/mol. The first kappa shape index (κ1) is 13.2.